The third kappa shape index (κ3) is 4.49. The lowest BCUT2D eigenvalue weighted by Gasteiger charge is -2.16. The minimum absolute atomic E-state index is 0.353. The van der Waals surface area contributed by atoms with Crippen molar-refractivity contribution >= 4 is 11.6 Å². The molecule has 2 nitrogen and oxygen atoms in total. The second-order valence-corrected chi connectivity index (χ2v) is 6.68. The number of halogens is 1. The van der Waals surface area contributed by atoms with Crippen LogP contribution in [0.3, 0.4) is 0 Å². The molecule has 1 heterocycles. The molecule has 1 unspecified atom stereocenters. The zero-order valence-corrected chi connectivity index (χ0v) is 14.4. The summed E-state index contributed by atoms with van der Waals surface area (Å²) in [6, 6.07) is 16.5. The van der Waals surface area contributed by atoms with Crippen LogP contribution in [-0.4, -0.2) is 31.1 Å². The van der Waals surface area contributed by atoms with Crippen LogP contribution >= 0.6 is 11.6 Å². The largest absolute Gasteiger partial charge is 0.492 e. The molecule has 1 atom stereocenters. The Morgan fingerprint density at radius 2 is 1.52 bits per heavy atom. The first-order valence-electron chi connectivity index (χ1n) is 8.43. The molecule has 2 aromatic carbocycles. The van der Waals surface area contributed by atoms with Gasteiger partial charge >= 0.3 is 0 Å². The molecule has 0 aliphatic carbocycles. The molecule has 0 radical (unpaired) electrons. The number of benzene rings is 2. The topological polar surface area (TPSA) is 12.5 Å². The van der Waals surface area contributed by atoms with Crippen molar-refractivity contribution in [3.8, 4) is 5.75 Å². The predicted octanol–water partition coefficient (Wildman–Crippen LogP) is 4.97. The summed E-state index contributed by atoms with van der Waals surface area (Å²) < 4.78 is 5.86. The first-order valence-corrected chi connectivity index (χ1v) is 8.81. The van der Waals surface area contributed by atoms with Crippen LogP contribution in [0.5, 0.6) is 5.75 Å². The Balaban J connectivity index is 1.54. The highest BCUT2D eigenvalue weighted by atomic mass is 35.5. The Kier molecular flexibility index (Phi) is 5.58. The molecule has 1 saturated heterocycles. The molecule has 3 heteroatoms. The lowest BCUT2D eigenvalue weighted by atomic mass is 9.93. The highest BCUT2D eigenvalue weighted by Gasteiger charge is 2.11. The molecule has 0 aromatic heterocycles. The Labute approximate surface area is 144 Å². The molecule has 0 bridgehead atoms. The van der Waals surface area contributed by atoms with E-state index in [1.54, 1.807) is 0 Å². The summed E-state index contributed by atoms with van der Waals surface area (Å²) in [5.41, 5.74) is 2.57. The zero-order chi connectivity index (χ0) is 16.1. The molecular formula is C20H24ClNO. The van der Waals surface area contributed by atoms with Crippen molar-refractivity contribution in [2.24, 2.45) is 0 Å². The summed E-state index contributed by atoms with van der Waals surface area (Å²) in [5, 5.41) is 0.780. The minimum atomic E-state index is 0.353. The van der Waals surface area contributed by atoms with Gasteiger partial charge in [-0.15, -0.1) is 0 Å². The molecule has 23 heavy (non-hydrogen) atoms. The number of nitrogens with zero attached hydrogens (tertiary/aromatic N) is 1. The quantitative estimate of drug-likeness (QED) is 0.742. The van der Waals surface area contributed by atoms with Gasteiger partial charge in [-0.25, -0.2) is 0 Å². The zero-order valence-electron chi connectivity index (χ0n) is 13.7. The summed E-state index contributed by atoms with van der Waals surface area (Å²) in [6.07, 6.45) is 2.66. The van der Waals surface area contributed by atoms with Crippen molar-refractivity contribution < 1.29 is 4.74 Å². The van der Waals surface area contributed by atoms with Crippen molar-refractivity contribution in [3.63, 3.8) is 0 Å². The van der Waals surface area contributed by atoms with Crippen molar-refractivity contribution in [1.29, 1.82) is 0 Å². The van der Waals surface area contributed by atoms with Gasteiger partial charge in [0.05, 0.1) is 0 Å². The van der Waals surface area contributed by atoms with Crippen molar-refractivity contribution in [2.75, 3.05) is 26.2 Å². The Bertz CT molecular complexity index is 603. The van der Waals surface area contributed by atoms with Gasteiger partial charge in [-0.3, -0.25) is 4.90 Å². The molecule has 122 valence electrons. The van der Waals surface area contributed by atoms with Gasteiger partial charge in [0.1, 0.15) is 12.4 Å². The Hall–Kier alpha value is -1.51. The molecule has 2 aromatic rings. The monoisotopic (exact) mass is 329 g/mol. The van der Waals surface area contributed by atoms with Gasteiger partial charge in [-0.2, -0.15) is 0 Å². The second-order valence-electron chi connectivity index (χ2n) is 6.24. The van der Waals surface area contributed by atoms with Crippen LogP contribution in [0.15, 0.2) is 48.5 Å². The average molecular weight is 330 g/mol. The standard InChI is InChI=1S/C20H24ClNO/c1-16(17-4-8-19(21)9-5-17)18-6-10-20(11-7-18)23-15-14-22-12-2-3-13-22/h4-11,16H,2-3,12-15H2,1H3. The second kappa shape index (κ2) is 7.85. The summed E-state index contributed by atoms with van der Waals surface area (Å²) in [6.45, 7) is 6.46. The fourth-order valence-corrected chi connectivity index (χ4v) is 3.22. The van der Waals surface area contributed by atoms with E-state index in [2.05, 4.69) is 48.2 Å². The van der Waals surface area contributed by atoms with Crippen LogP contribution < -0.4 is 4.74 Å². The minimum Gasteiger partial charge on any atom is -0.492 e. The maximum Gasteiger partial charge on any atom is 0.119 e. The third-order valence-electron chi connectivity index (χ3n) is 4.63. The lowest BCUT2D eigenvalue weighted by Crippen LogP contribution is -2.25. The lowest BCUT2D eigenvalue weighted by molar-refractivity contribution is 0.238. The van der Waals surface area contributed by atoms with Gasteiger partial charge in [0.25, 0.3) is 0 Å². The Morgan fingerprint density at radius 3 is 2.13 bits per heavy atom. The van der Waals surface area contributed by atoms with E-state index < -0.39 is 0 Å². The van der Waals surface area contributed by atoms with E-state index >= 15 is 0 Å². The molecule has 1 aliphatic rings. The van der Waals surface area contributed by atoms with Crippen LogP contribution in [0.25, 0.3) is 0 Å². The van der Waals surface area contributed by atoms with Crippen LogP contribution in [0, 0.1) is 0 Å². The number of rotatable bonds is 6. The number of hydrogen-bond acceptors (Lipinski definition) is 2. The van der Waals surface area contributed by atoms with Crippen LogP contribution in [0.1, 0.15) is 36.8 Å². The van der Waals surface area contributed by atoms with E-state index in [0.717, 1.165) is 23.9 Å². The van der Waals surface area contributed by atoms with E-state index in [0.29, 0.717) is 5.92 Å². The maximum atomic E-state index is 5.96. The third-order valence-corrected chi connectivity index (χ3v) is 4.88. The highest BCUT2D eigenvalue weighted by molar-refractivity contribution is 6.30. The SMILES string of the molecule is CC(c1ccc(Cl)cc1)c1ccc(OCCN2CCCC2)cc1. The molecule has 3 rings (SSSR count). The van der Waals surface area contributed by atoms with Crippen molar-refractivity contribution in [3.05, 3.63) is 64.7 Å². The molecule has 0 spiro atoms. The summed E-state index contributed by atoms with van der Waals surface area (Å²) in [5.74, 6) is 1.31. The van der Waals surface area contributed by atoms with Gasteiger partial charge in [0, 0.05) is 17.5 Å². The highest BCUT2D eigenvalue weighted by Crippen LogP contribution is 2.26. The number of likely N-dealkylation sites (tertiary alicyclic amines) is 1. The van der Waals surface area contributed by atoms with Gasteiger partial charge < -0.3 is 4.74 Å². The van der Waals surface area contributed by atoms with E-state index in [1.807, 2.05) is 12.1 Å². The molecule has 1 aliphatic heterocycles. The maximum absolute atomic E-state index is 5.96. The van der Waals surface area contributed by atoms with E-state index in [9.17, 15) is 0 Å². The molecule has 0 saturated carbocycles. The smallest absolute Gasteiger partial charge is 0.119 e. The predicted molar refractivity (Wildman–Crippen MR) is 96.6 cm³/mol. The fraction of sp³-hybridized carbons (Fsp3) is 0.400. The first-order chi connectivity index (χ1) is 11.2. The van der Waals surface area contributed by atoms with Gasteiger partial charge in [-0.1, -0.05) is 42.8 Å². The van der Waals surface area contributed by atoms with Crippen LogP contribution in [0.2, 0.25) is 5.02 Å². The van der Waals surface area contributed by atoms with Crippen LogP contribution in [0.4, 0.5) is 0 Å². The van der Waals surface area contributed by atoms with Gasteiger partial charge in [-0.05, 0) is 61.3 Å². The van der Waals surface area contributed by atoms with Gasteiger partial charge in [0.15, 0.2) is 0 Å². The summed E-state index contributed by atoms with van der Waals surface area (Å²) >= 11 is 5.96. The normalized spacial score (nSPS) is 16.4. The van der Waals surface area contributed by atoms with E-state index in [1.165, 1.54) is 37.1 Å². The number of hydrogen-bond donors (Lipinski definition) is 0. The van der Waals surface area contributed by atoms with Crippen molar-refractivity contribution in [1.82, 2.24) is 4.90 Å². The Morgan fingerprint density at radius 1 is 0.957 bits per heavy atom. The van der Waals surface area contributed by atoms with Gasteiger partial charge in [0.2, 0.25) is 0 Å². The molecule has 0 amide bonds. The molecule has 0 N–H and O–H groups in total. The van der Waals surface area contributed by atoms with E-state index in [-0.39, 0.29) is 0 Å². The fourth-order valence-electron chi connectivity index (χ4n) is 3.10. The average Bonchev–Trinajstić information content (AvgIpc) is 3.09. The number of ether oxygens (including phenoxy) is 1. The summed E-state index contributed by atoms with van der Waals surface area (Å²) in [4.78, 5) is 2.47. The van der Waals surface area contributed by atoms with E-state index in [4.69, 9.17) is 16.3 Å². The molecular weight excluding hydrogens is 306 g/mol. The van der Waals surface area contributed by atoms with Crippen LogP contribution in [-0.2, 0) is 0 Å². The van der Waals surface area contributed by atoms with Crippen molar-refractivity contribution in [2.45, 2.75) is 25.7 Å². The summed E-state index contributed by atoms with van der Waals surface area (Å²) in [7, 11) is 0. The first kappa shape index (κ1) is 16.4. The molecule has 1 fully saturated rings.